The van der Waals surface area contributed by atoms with Crippen molar-refractivity contribution in [3.63, 3.8) is 0 Å². The first-order valence-electron chi connectivity index (χ1n) is 5.65. The van der Waals surface area contributed by atoms with Crippen LogP contribution in [-0.2, 0) is 0 Å². The number of hydrogen-bond acceptors (Lipinski definition) is 5. The number of hydrogen-bond donors (Lipinski definition) is 0. The Kier molecular flexibility index (Phi) is 4.06. The van der Waals surface area contributed by atoms with Crippen LogP contribution in [0.15, 0.2) is 36.7 Å². The molecule has 5 nitrogen and oxygen atoms in total. The van der Waals surface area contributed by atoms with E-state index in [1.54, 1.807) is 0 Å². The Morgan fingerprint density at radius 1 is 1.19 bits per heavy atom. The summed E-state index contributed by atoms with van der Waals surface area (Å²) in [5, 5.41) is 0. The van der Waals surface area contributed by atoms with Crippen LogP contribution in [0, 0.1) is 0 Å². The minimum Gasteiger partial charge on any atom is -0.481 e. The molecule has 0 atom stereocenters. The highest BCUT2D eigenvalue weighted by Gasteiger charge is 2.31. The van der Waals surface area contributed by atoms with E-state index in [1.807, 2.05) is 0 Å². The standard InChI is InChI=1S/C13H9F3N2O3/c1-20-11-6-10(17-7-18-11)12(19)8-3-2-4-9(5-8)21-13(14,15)16/h2-7H,1H3. The van der Waals surface area contributed by atoms with E-state index in [0.29, 0.717) is 0 Å². The highest BCUT2D eigenvalue weighted by atomic mass is 19.4. The van der Waals surface area contributed by atoms with E-state index in [9.17, 15) is 18.0 Å². The first-order chi connectivity index (χ1) is 9.89. The molecule has 0 saturated heterocycles. The predicted octanol–water partition coefficient (Wildman–Crippen LogP) is 2.61. The van der Waals surface area contributed by atoms with Gasteiger partial charge >= 0.3 is 6.36 Å². The molecule has 8 heteroatoms. The second-order valence-corrected chi connectivity index (χ2v) is 3.85. The Morgan fingerprint density at radius 3 is 2.62 bits per heavy atom. The van der Waals surface area contributed by atoms with Crippen molar-refractivity contribution in [2.75, 3.05) is 7.11 Å². The zero-order valence-corrected chi connectivity index (χ0v) is 10.7. The van der Waals surface area contributed by atoms with Crippen molar-refractivity contribution in [2.45, 2.75) is 6.36 Å². The Hall–Kier alpha value is -2.64. The van der Waals surface area contributed by atoms with Crippen molar-refractivity contribution in [3.8, 4) is 11.6 Å². The molecular formula is C13H9F3N2O3. The fraction of sp³-hybridized carbons (Fsp3) is 0.154. The monoisotopic (exact) mass is 298 g/mol. The molecule has 2 aromatic rings. The van der Waals surface area contributed by atoms with Crippen LogP contribution >= 0.6 is 0 Å². The molecule has 0 fully saturated rings. The highest BCUT2D eigenvalue weighted by molar-refractivity contribution is 6.08. The number of aromatic nitrogens is 2. The van der Waals surface area contributed by atoms with Gasteiger partial charge in [-0.2, -0.15) is 0 Å². The maximum atomic E-state index is 12.2. The number of nitrogens with zero attached hydrogens (tertiary/aromatic N) is 2. The van der Waals surface area contributed by atoms with Crippen molar-refractivity contribution in [1.82, 2.24) is 9.97 Å². The van der Waals surface area contributed by atoms with E-state index in [4.69, 9.17) is 4.74 Å². The van der Waals surface area contributed by atoms with Crippen molar-refractivity contribution in [3.05, 3.63) is 47.9 Å². The number of carbonyl (C=O) groups is 1. The van der Waals surface area contributed by atoms with Crippen LogP contribution in [0.2, 0.25) is 0 Å². The van der Waals surface area contributed by atoms with Crippen LogP contribution in [0.1, 0.15) is 16.1 Å². The molecule has 0 aliphatic carbocycles. The van der Waals surface area contributed by atoms with Gasteiger partial charge in [0.05, 0.1) is 7.11 Å². The van der Waals surface area contributed by atoms with Crippen molar-refractivity contribution in [2.24, 2.45) is 0 Å². The molecule has 0 spiro atoms. The average molecular weight is 298 g/mol. The quantitative estimate of drug-likeness (QED) is 0.812. The maximum Gasteiger partial charge on any atom is 0.573 e. The van der Waals surface area contributed by atoms with Gasteiger partial charge in [-0.05, 0) is 12.1 Å². The zero-order chi connectivity index (χ0) is 15.5. The minimum atomic E-state index is -4.82. The number of carbonyl (C=O) groups excluding carboxylic acids is 1. The van der Waals surface area contributed by atoms with Crippen LogP contribution in [0.5, 0.6) is 11.6 Å². The second kappa shape index (κ2) is 5.78. The second-order valence-electron chi connectivity index (χ2n) is 3.85. The summed E-state index contributed by atoms with van der Waals surface area (Å²) in [6.07, 6.45) is -3.69. The van der Waals surface area contributed by atoms with Gasteiger partial charge in [-0.15, -0.1) is 13.2 Å². The SMILES string of the molecule is COc1cc(C(=O)c2cccc(OC(F)(F)F)c2)ncn1. The first-order valence-corrected chi connectivity index (χ1v) is 5.65. The number of ketones is 1. The first kappa shape index (κ1) is 14.8. The van der Waals surface area contributed by atoms with Gasteiger partial charge in [0, 0.05) is 11.6 Å². The predicted molar refractivity (Wildman–Crippen MR) is 65.1 cm³/mol. The summed E-state index contributed by atoms with van der Waals surface area (Å²) in [5.41, 5.74) is 0.0171. The smallest absolute Gasteiger partial charge is 0.481 e. The van der Waals surface area contributed by atoms with E-state index < -0.39 is 17.9 Å². The van der Waals surface area contributed by atoms with E-state index in [2.05, 4.69) is 14.7 Å². The van der Waals surface area contributed by atoms with Crippen LogP contribution in [0.3, 0.4) is 0 Å². The molecule has 0 aliphatic heterocycles. The number of rotatable bonds is 4. The molecule has 110 valence electrons. The third-order valence-corrected chi connectivity index (χ3v) is 2.41. The molecule has 0 N–H and O–H groups in total. The normalized spacial score (nSPS) is 11.0. The van der Waals surface area contributed by atoms with Gasteiger partial charge in [0.15, 0.2) is 0 Å². The molecule has 0 aliphatic rings. The summed E-state index contributed by atoms with van der Waals surface area (Å²) in [6, 6.07) is 6.03. The highest BCUT2D eigenvalue weighted by Crippen LogP contribution is 2.24. The molecule has 1 aromatic carbocycles. The van der Waals surface area contributed by atoms with E-state index in [1.165, 1.54) is 25.3 Å². The molecule has 0 saturated carbocycles. The lowest BCUT2D eigenvalue weighted by atomic mass is 10.1. The van der Waals surface area contributed by atoms with Gasteiger partial charge in [-0.1, -0.05) is 12.1 Å². The summed E-state index contributed by atoms with van der Waals surface area (Å²) in [5.74, 6) is -0.867. The van der Waals surface area contributed by atoms with Gasteiger partial charge in [0.1, 0.15) is 17.8 Å². The van der Waals surface area contributed by atoms with E-state index in [-0.39, 0.29) is 17.1 Å². The summed E-state index contributed by atoms with van der Waals surface area (Å²) in [4.78, 5) is 19.7. The van der Waals surface area contributed by atoms with Gasteiger partial charge in [0.25, 0.3) is 0 Å². The number of ether oxygens (including phenoxy) is 2. The van der Waals surface area contributed by atoms with Crippen LogP contribution in [-0.4, -0.2) is 29.2 Å². The molecule has 0 unspecified atom stereocenters. The number of alkyl halides is 3. The zero-order valence-electron chi connectivity index (χ0n) is 10.7. The number of halogens is 3. The topological polar surface area (TPSA) is 61.3 Å². The maximum absolute atomic E-state index is 12.2. The molecule has 1 aromatic heterocycles. The van der Waals surface area contributed by atoms with Crippen molar-refractivity contribution >= 4 is 5.78 Å². The molecule has 1 heterocycles. The number of methoxy groups -OCH3 is 1. The van der Waals surface area contributed by atoms with Gasteiger partial charge in [-0.3, -0.25) is 4.79 Å². The minimum absolute atomic E-state index is 0.00556. The van der Waals surface area contributed by atoms with Crippen molar-refractivity contribution in [1.29, 1.82) is 0 Å². The summed E-state index contributed by atoms with van der Waals surface area (Å²) >= 11 is 0. The molecule has 0 amide bonds. The number of benzene rings is 1. The van der Waals surface area contributed by atoms with Crippen LogP contribution in [0.4, 0.5) is 13.2 Å². The lowest BCUT2D eigenvalue weighted by Gasteiger charge is -2.09. The molecule has 0 bridgehead atoms. The Labute approximate surface area is 117 Å². The molecule has 0 radical (unpaired) electrons. The fourth-order valence-electron chi connectivity index (χ4n) is 1.56. The summed E-state index contributed by atoms with van der Waals surface area (Å²) in [6.45, 7) is 0. The van der Waals surface area contributed by atoms with Crippen molar-refractivity contribution < 1.29 is 27.4 Å². The summed E-state index contributed by atoms with van der Waals surface area (Å²) < 4.78 is 45.1. The van der Waals surface area contributed by atoms with Gasteiger partial charge in [-0.25, -0.2) is 9.97 Å². The fourth-order valence-corrected chi connectivity index (χ4v) is 1.56. The Morgan fingerprint density at radius 2 is 1.95 bits per heavy atom. The molecule has 21 heavy (non-hydrogen) atoms. The van der Waals surface area contributed by atoms with E-state index >= 15 is 0 Å². The summed E-state index contributed by atoms with van der Waals surface area (Å²) in [7, 11) is 1.37. The third kappa shape index (κ3) is 3.91. The average Bonchev–Trinajstić information content (AvgIpc) is 2.45. The third-order valence-electron chi connectivity index (χ3n) is 2.41. The lowest BCUT2D eigenvalue weighted by Crippen LogP contribution is -2.17. The van der Waals surface area contributed by atoms with Crippen LogP contribution < -0.4 is 9.47 Å². The van der Waals surface area contributed by atoms with E-state index in [0.717, 1.165) is 18.5 Å². The largest absolute Gasteiger partial charge is 0.573 e. The molecule has 2 rings (SSSR count). The van der Waals surface area contributed by atoms with Gasteiger partial charge in [0.2, 0.25) is 11.7 Å². The Bertz CT molecular complexity index is 659. The Balaban J connectivity index is 2.28. The van der Waals surface area contributed by atoms with Gasteiger partial charge < -0.3 is 9.47 Å². The molecular weight excluding hydrogens is 289 g/mol. The lowest BCUT2D eigenvalue weighted by molar-refractivity contribution is -0.274. The van der Waals surface area contributed by atoms with Crippen LogP contribution in [0.25, 0.3) is 0 Å².